The predicted molar refractivity (Wildman–Crippen MR) is 106 cm³/mol. The number of thioether (sulfide) groups is 1. The van der Waals surface area contributed by atoms with Crippen LogP contribution in [0, 0.1) is 5.82 Å². The first-order valence-corrected chi connectivity index (χ1v) is 9.49. The molecule has 3 rings (SSSR count). The summed E-state index contributed by atoms with van der Waals surface area (Å²) < 4.78 is 21.0. The number of rotatable bonds is 6. The molecule has 1 amide bonds. The van der Waals surface area contributed by atoms with E-state index in [9.17, 15) is 9.18 Å². The molecule has 1 aromatic heterocycles. The molecule has 140 valence electrons. The number of methoxy groups -OCH3 is 1. The van der Waals surface area contributed by atoms with Gasteiger partial charge in [0.15, 0.2) is 5.82 Å². The van der Waals surface area contributed by atoms with Crippen molar-refractivity contribution < 1.29 is 13.9 Å². The summed E-state index contributed by atoms with van der Waals surface area (Å²) in [5.41, 5.74) is 0.788. The monoisotopic (exact) mass is 451 g/mol. The maximum atomic E-state index is 13.8. The van der Waals surface area contributed by atoms with E-state index >= 15 is 0 Å². The van der Waals surface area contributed by atoms with Crippen LogP contribution in [0.4, 0.5) is 10.1 Å². The normalized spacial score (nSPS) is 10.6. The summed E-state index contributed by atoms with van der Waals surface area (Å²) in [7, 11) is 1.55. The van der Waals surface area contributed by atoms with Gasteiger partial charge in [0.1, 0.15) is 11.6 Å². The van der Waals surface area contributed by atoms with Crippen molar-refractivity contribution in [3.63, 3.8) is 0 Å². The van der Waals surface area contributed by atoms with Crippen LogP contribution in [0.2, 0.25) is 0 Å². The number of halogens is 2. The number of nitrogens with two attached hydrogens (primary N) is 1. The van der Waals surface area contributed by atoms with Crippen LogP contribution in [0.15, 0.2) is 52.1 Å². The minimum absolute atomic E-state index is 0.00321. The van der Waals surface area contributed by atoms with Gasteiger partial charge in [-0.2, -0.15) is 0 Å². The number of nitrogens with one attached hydrogen (secondary N) is 1. The second-order valence-electron chi connectivity index (χ2n) is 5.34. The fourth-order valence-electron chi connectivity index (χ4n) is 2.30. The van der Waals surface area contributed by atoms with E-state index in [0.29, 0.717) is 26.8 Å². The number of benzene rings is 2. The number of hydrogen-bond acceptors (Lipinski definition) is 6. The van der Waals surface area contributed by atoms with Gasteiger partial charge >= 0.3 is 0 Å². The third kappa shape index (κ3) is 4.40. The largest absolute Gasteiger partial charge is 0.496 e. The number of aromatic nitrogens is 3. The van der Waals surface area contributed by atoms with Crippen LogP contribution in [-0.4, -0.2) is 33.6 Å². The molecule has 0 fully saturated rings. The molecule has 3 aromatic rings. The Labute approximate surface area is 167 Å². The highest BCUT2D eigenvalue weighted by Crippen LogP contribution is 2.29. The molecule has 0 spiro atoms. The van der Waals surface area contributed by atoms with E-state index in [0.717, 1.165) is 11.8 Å². The Bertz CT molecular complexity index is 982. The van der Waals surface area contributed by atoms with Gasteiger partial charge in [0.2, 0.25) is 11.1 Å². The molecule has 0 radical (unpaired) electrons. The lowest BCUT2D eigenvalue weighted by molar-refractivity contribution is -0.113. The molecule has 0 unspecified atom stereocenters. The first-order valence-electron chi connectivity index (χ1n) is 7.71. The fourth-order valence-corrected chi connectivity index (χ4v) is 3.29. The summed E-state index contributed by atoms with van der Waals surface area (Å²) >= 11 is 4.26. The number of ether oxygens (including phenoxy) is 1. The van der Waals surface area contributed by atoms with Crippen molar-refractivity contribution in [2.75, 3.05) is 24.0 Å². The maximum Gasteiger partial charge on any atom is 0.234 e. The van der Waals surface area contributed by atoms with E-state index in [1.54, 1.807) is 19.2 Å². The SMILES string of the molecule is COc1ccccc1-c1nnc(SCC(=O)Nc2ccc(Br)cc2F)n1N. The maximum absolute atomic E-state index is 13.8. The molecule has 0 aliphatic heterocycles. The molecule has 27 heavy (non-hydrogen) atoms. The molecule has 0 aliphatic rings. The van der Waals surface area contributed by atoms with E-state index in [1.807, 2.05) is 18.2 Å². The summed E-state index contributed by atoms with van der Waals surface area (Å²) in [4.78, 5) is 12.1. The van der Waals surface area contributed by atoms with Crippen LogP contribution < -0.4 is 15.9 Å². The molecular weight excluding hydrogens is 437 g/mol. The summed E-state index contributed by atoms with van der Waals surface area (Å²) in [6, 6.07) is 11.7. The topological polar surface area (TPSA) is 95.1 Å². The van der Waals surface area contributed by atoms with Gasteiger partial charge in [0.25, 0.3) is 0 Å². The highest BCUT2D eigenvalue weighted by molar-refractivity contribution is 9.10. The Hall–Kier alpha value is -2.59. The van der Waals surface area contributed by atoms with Crippen molar-refractivity contribution in [1.82, 2.24) is 14.9 Å². The zero-order chi connectivity index (χ0) is 19.4. The number of nitrogens with zero attached hydrogens (tertiary/aromatic N) is 3. The van der Waals surface area contributed by atoms with Crippen LogP contribution in [0.5, 0.6) is 5.75 Å². The van der Waals surface area contributed by atoms with Gasteiger partial charge in [-0.3, -0.25) is 4.79 Å². The molecule has 0 saturated carbocycles. The van der Waals surface area contributed by atoms with E-state index < -0.39 is 5.82 Å². The standard InChI is InChI=1S/C17H15BrFN5O2S/c1-26-14-5-3-2-4-11(14)16-22-23-17(24(16)20)27-9-15(25)21-13-7-6-10(18)8-12(13)19/h2-8H,9,20H2,1H3,(H,21,25). The lowest BCUT2D eigenvalue weighted by Crippen LogP contribution is -2.17. The Kier molecular flexibility index (Phi) is 5.97. The molecule has 3 N–H and O–H groups in total. The van der Waals surface area contributed by atoms with Gasteiger partial charge < -0.3 is 15.9 Å². The average Bonchev–Trinajstić information content (AvgIpc) is 3.02. The molecule has 7 nitrogen and oxygen atoms in total. The van der Waals surface area contributed by atoms with Gasteiger partial charge in [-0.15, -0.1) is 10.2 Å². The number of amides is 1. The fraction of sp³-hybridized carbons (Fsp3) is 0.118. The van der Waals surface area contributed by atoms with Crippen molar-refractivity contribution in [1.29, 1.82) is 0 Å². The molecule has 2 aromatic carbocycles. The molecule has 0 aliphatic carbocycles. The summed E-state index contributed by atoms with van der Waals surface area (Å²) in [6.07, 6.45) is 0. The average molecular weight is 452 g/mol. The van der Waals surface area contributed by atoms with Crippen molar-refractivity contribution in [2.45, 2.75) is 5.16 Å². The first-order chi connectivity index (χ1) is 13.0. The Balaban J connectivity index is 1.68. The minimum Gasteiger partial charge on any atom is -0.496 e. The Morgan fingerprint density at radius 2 is 2.11 bits per heavy atom. The quantitative estimate of drug-likeness (QED) is 0.440. The van der Waals surface area contributed by atoms with E-state index in [2.05, 4.69) is 31.4 Å². The minimum atomic E-state index is -0.525. The summed E-state index contributed by atoms with van der Waals surface area (Å²) in [6.45, 7) is 0. The Morgan fingerprint density at radius 3 is 2.85 bits per heavy atom. The molecule has 0 saturated heterocycles. The highest BCUT2D eigenvalue weighted by atomic mass is 79.9. The predicted octanol–water partition coefficient (Wildman–Crippen LogP) is 3.30. The van der Waals surface area contributed by atoms with Crippen molar-refractivity contribution in [2.24, 2.45) is 0 Å². The van der Waals surface area contributed by atoms with E-state index in [4.69, 9.17) is 10.6 Å². The van der Waals surface area contributed by atoms with Crippen LogP contribution in [-0.2, 0) is 4.79 Å². The zero-order valence-corrected chi connectivity index (χ0v) is 16.6. The van der Waals surface area contributed by atoms with E-state index in [-0.39, 0.29) is 17.3 Å². The number of carbonyl (C=O) groups excluding carboxylic acids is 1. The number of carbonyl (C=O) groups is 1. The van der Waals surface area contributed by atoms with Crippen molar-refractivity contribution in [3.05, 3.63) is 52.8 Å². The van der Waals surface area contributed by atoms with Gasteiger partial charge in [0.05, 0.1) is 24.1 Å². The number of anilines is 1. The van der Waals surface area contributed by atoms with Crippen molar-refractivity contribution >= 4 is 39.3 Å². The number of hydrogen-bond donors (Lipinski definition) is 2. The van der Waals surface area contributed by atoms with Gasteiger partial charge in [-0.05, 0) is 30.3 Å². The molecule has 0 bridgehead atoms. The Morgan fingerprint density at radius 1 is 1.33 bits per heavy atom. The molecule has 10 heteroatoms. The third-order valence-electron chi connectivity index (χ3n) is 3.55. The highest BCUT2D eigenvalue weighted by Gasteiger charge is 2.17. The lowest BCUT2D eigenvalue weighted by atomic mass is 10.2. The van der Waals surface area contributed by atoms with Crippen LogP contribution in [0.25, 0.3) is 11.4 Å². The molecule has 1 heterocycles. The molecular formula is C17H15BrFN5O2S. The first kappa shape index (κ1) is 19.2. The van der Waals surface area contributed by atoms with Crippen LogP contribution >= 0.6 is 27.7 Å². The van der Waals surface area contributed by atoms with Gasteiger partial charge in [-0.25, -0.2) is 9.07 Å². The molecule has 0 atom stereocenters. The second kappa shape index (κ2) is 8.40. The third-order valence-corrected chi connectivity index (χ3v) is 4.99. The lowest BCUT2D eigenvalue weighted by Gasteiger charge is -2.08. The van der Waals surface area contributed by atoms with Crippen molar-refractivity contribution in [3.8, 4) is 17.1 Å². The van der Waals surface area contributed by atoms with Crippen LogP contribution in [0.1, 0.15) is 0 Å². The van der Waals surface area contributed by atoms with Crippen LogP contribution in [0.3, 0.4) is 0 Å². The smallest absolute Gasteiger partial charge is 0.234 e. The summed E-state index contributed by atoms with van der Waals surface area (Å²) in [5.74, 6) is 6.16. The van der Waals surface area contributed by atoms with E-state index in [1.165, 1.54) is 16.8 Å². The number of nitrogen functional groups attached to an aromatic ring is 1. The zero-order valence-electron chi connectivity index (χ0n) is 14.1. The van der Waals surface area contributed by atoms with Gasteiger partial charge in [-0.1, -0.05) is 39.8 Å². The number of para-hydroxylation sites is 1. The van der Waals surface area contributed by atoms with Gasteiger partial charge in [0, 0.05) is 4.47 Å². The second-order valence-corrected chi connectivity index (χ2v) is 7.20. The summed E-state index contributed by atoms with van der Waals surface area (Å²) in [5, 5.41) is 10.9.